The van der Waals surface area contributed by atoms with Gasteiger partial charge in [0.2, 0.25) is 5.91 Å². The number of carbonyl (C=O) groups excluding carboxylic acids is 2. The molecule has 10 heteroatoms. The van der Waals surface area contributed by atoms with Crippen LogP contribution in [0, 0.1) is 5.92 Å². The van der Waals surface area contributed by atoms with E-state index in [4.69, 9.17) is 4.74 Å². The van der Waals surface area contributed by atoms with Crippen molar-refractivity contribution in [1.82, 2.24) is 14.8 Å². The van der Waals surface area contributed by atoms with E-state index in [0.717, 1.165) is 36.2 Å². The van der Waals surface area contributed by atoms with Crippen molar-refractivity contribution in [3.05, 3.63) is 32.3 Å². The number of hydrogen-bond acceptors (Lipinski definition) is 8. The van der Waals surface area contributed by atoms with E-state index in [-0.39, 0.29) is 17.6 Å². The maximum absolute atomic E-state index is 12.8. The Bertz CT molecular complexity index is 1180. The zero-order valence-electron chi connectivity index (χ0n) is 19.4. The third-order valence-electron chi connectivity index (χ3n) is 5.77. The third kappa shape index (κ3) is 5.02. The van der Waals surface area contributed by atoms with Gasteiger partial charge in [-0.15, -0.1) is 32.9 Å². The predicted octanol–water partition coefficient (Wildman–Crippen LogP) is 5.37. The summed E-state index contributed by atoms with van der Waals surface area (Å²) < 4.78 is 6.92. The van der Waals surface area contributed by atoms with Gasteiger partial charge in [0, 0.05) is 27.7 Å². The SMILES string of the molecule is COC(=O)c1c(NC(=O)CSc2nnc(-c3csc(C(C)C)c3)n2C)sc2c1CCC(C)C2. The van der Waals surface area contributed by atoms with Crippen molar-refractivity contribution < 1.29 is 14.3 Å². The topological polar surface area (TPSA) is 86.1 Å². The van der Waals surface area contributed by atoms with Gasteiger partial charge in [0.05, 0.1) is 18.4 Å². The van der Waals surface area contributed by atoms with Crippen LogP contribution in [0.2, 0.25) is 0 Å². The molecule has 0 saturated carbocycles. The van der Waals surface area contributed by atoms with Crippen molar-refractivity contribution in [3.63, 3.8) is 0 Å². The number of carbonyl (C=O) groups is 2. The molecule has 176 valence electrons. The number of nitrogens with one attached hydrogen (secondary N) is 1. The van der Waals surface area contributed by atoms with Crippen LogP contribution in [0.25, 0.3) is 11.4 Å². The van der Waals surface area contributed by atoms with Gasteiger partial charge in [-0.05, 0) is 42.7 Å². The molecule has 1 N–H and O–H groups in total. The maximum atomic E-state index is 12.8. The lowest BCUT2D eigenvalue weighted by molar-refractivity contribution is -0.113. The summed E-state index contributed by atoms with van der Waals surface area (Å²) in [5, 5.41) is 14.9. The molecule has 0 bridgehead atoms. The molecular weight excluding hydrogens is 476 g/mol. The monoisotopic (exact) mass is 504 g/mol. The van der Waals surface area contributed by atoms with E-state index in [1.807, 2.05) is 11.6 Å². The first-order chi connectivity index (χ1) is 15.8. The minimum atomic E-state index is -0.389. The van der Waals surface area contributed by atoms with Gasteiger partial charge in [0.1, 0.15) is 5.00 Å². The van der Waals surface area contributed by atoms with Crippen molar-refractivity contribution in [3.8, 4) is 11.4 Å². The fourth-order valence-corrected chi connectivity index (χ4v) is 6.94. The Morgan fingerprint density at radius 3 is 2.85 bits per heavy atom. The Morgan fingerprint density at radius 1 is 1.36 bits per heavy atom. The summed E-state index contributed by atoms with van der Waals surface area (Å²) in [4.78, 5) is 27.7. The van der Waals surface area contributed by atoms with E-state index in [0.29, 0.717) is 27.6 Å². The molecule has 1 aliphatic carbocycles. The van der Waals surface area contributed by atoms with Crippen molar-refractivity contribution in [2.24, 2.45) is 13.0 Å². The lowest BCUT2D eigenvalue weighted by Crippen LogP contribution is -2.17. The highest BCUT2D eigenvalue weighted by atomic mass is 32.2. The highest BCUT2D eigenvalue weighted by Gasteiger charge is 2.29. The largest absolute Gasteiger partial charge is 0.465 e. The number of anilines is 1. The second kappa shape index (κ2) is 9.99. The molecule has 1 unspecified atom stereocenters. The average molecular weight is 505 g/mol. The van der Waals surface area contributed by atoms with Gasteiger partial charge >= 0.3 is 5.97 Å². The zero-order chi connectivity index (χ0) is 23.7. The predicted molar refractivity (Wildman–Crippen MR) is 135 cm³/mol. The molecule has 1 aliphatic rings. The van der Waals surface area contributed by atoms with Gasteiger partial charge in [0.25, 0.3) is 0 Å². The number of thioether (sulfide) groups is 1. The van der Waals surface area contributed by atoms with Gasteiger partial charge in [0.15, 0.2) is 11.0 Å². The van der Waals surface area contributed by atoms with Crippen LogP contribution in [0.1, 0.15) is 58.8 Å². The van der Waals surface area contributed by atoms with E-state index < -0.39 is 0 Å². The number of fused-ring (bicyclic) bond motifs is 1. The van der Waals surface area contributed by atoms with Crippen LogP contribution in [0.3, 0.4) is 0 Å². The van der Waals surface area contributed by atoms with Crippen molar-refractivity contribution in [2.45, 2.75) is 51.1 Å². The normalized spacial score (nSPS) is 15.5. The van der Waals surface area contributed by atoms with Crippen LogP contribution in [0.15, 0.2) is 16.6 Å². The second-order valence-corrected chi connectivity index (χ2v) is 11.6. The Morgan fingerprint density at radius 2 is 2.15 bits per heavy atom. The van der Waals surface area contributed by atoms with Crippen LogP contribution >= 0.6 is 34.4 Å². The lowest BCUT2D eigenvalue weighted by Gasteiger charge is -2.18. The number of esters is 1. The Labute approximate surface area is 206 Å². The number of ether oxygens (including phenoxy) is 1. The number of hydrogen-bond donors (Lipinski definition) is 1. The Hall–Kier alpha value is -2.17. The van der Waals surface area contributed by atoms with E-state index in [1.54, 1.807) is 11.3 Å². The number of amides is 1. The van der Waals surface area contributed by atoms with Crippen LogP contribution in [-0.2, 0) is 29.4 Å². The van der Waals surface area contributed by atoms with E-state index in [9.17, 15) is 9.59 Å². The Kier molecular flexibility index (Phi) is 7.25. The zero-order valence-corrected chi connectivity index (χ0v) is 21.9. The standard InChI is InChI=1S/C23H28N4O3S3/c1-12(2)16-9-14(10-31-16)20-25-26-23(27(20)4)32-11-18(28)24-21-19(22(29)30-5)15-7-6-13(3)8-17(15)33-21/h9-10,12-13H,6-8,11H2,1-5H3,(H,24,28). The highest BCUT2D eigenvalue weighted by Crippen LogP contribution is 2.40. The molecule has 0 saturated heterocycles. The summed E-state index contributed by atoms with van der Waals surface area (Å²) in [6.45, 7) is 6.55. The maximum Gasteiger partial charge on any atom is 0.341 e. The number of nitrogens with zero attached hydrogens (tertiary/aromatic N) is 3. The summed E-state index contributed by atoms with van der Waals surface area (Å²) in [7, 11) is 3.29. The summed E-state index contributed by atoms with van der Waals surface area (Å²) in [6.07, 6.45) is 2.80. The molecule has 1 amide bonds. The van der Waals surface area contributed by atoms with Crippen LogP contribution < -0.4 is 5.32 Å². The molecule has 3 aromatic rings. The molecular formula is C23H28N4O3S3. The second-order valence-electron chi connectivity index (χ2n) is 8.64. The first kappa shape index (κ1) is 24.0. The summed E-state index contributed by atoms with van der Waals surface area (Å²) in [6, 6.07) is 2.15. The van der Waals surface area contributed by atoms with Crippen LogP contribution in [0.5, 0.6) is 0 Å². The smallest absolute Gasteiger partial charge is 0.341 e. The van der Waals surface area contributed by atoms with Crippen LogP contribution in [-0.4, -0.2) is 39.5 Å². The average Bonchev–Trinajstić information content (AvgIpc) is 3.48. The quantitative estimate of drug-likeness (QED) is 0.344. The summed E-state index contributed by atoms with van der Waals surface area (Å²) >= 11 is 4.54. The minimum Gasteiger partial charge on any atom is -0.465 e. The van der Waals surface area contributed by atoms with Crippen LogP contribution in [0.4, 0.5) is 5.00 Å². The molecule has 0 spiro atoms. The molecule has 0 aliphatic heterocycles. The fraction of sp³-hybridized carbons (Fsp3) is 0.478. The number of rotatable bonds is 7. The van der Waals surface area contributed by atoms with Crippen molar-refractivity contribution in [1.29, 1.82) is 0 Å². The minimum absolute atomic E-state index is 0.173. The molecule has 0 radical (unpaired) electrons. The van der Waals surface area contributed by atoms with Gasteiger partial charge in [-0.3, -0.25) is 4.79 Å². The first-order valence-corrected chi connectivity index (χ1v) is 13.6. The summed E-state index contributed by atoms with van der Waals surface area (Å²) in [5.74, 6) is 1.43. The fourth-order valence-electron chi connectivity index (χ4n) is 3.91. The first-order valence-electron chi connectivity index (χ1n) is 10.9. The van der Waals surface area contributed by atoms with E-state index in [1.165, 1.54) is 40.0 Å². The lowest BCUT2D eigenvalue weighted by atomic mass is 9.88. The van der Waals surface area contributed by atoms with Gasteiger partial charge in [-0.25, -0.2) is 4.79 Å². The molecule has 0 aromatic carbocycles. The number of thiophene rings is 2. The van der Waals surface area contributed by atoms with Gasteiger partial charge < -0.3 is 14.6 Å². The number of aromatic nitrogens is 3. The third-order valence-corrected chi connectivity index (χ3v) is 9.19. The molecule has 3 aromatic heterocycles. The highest BCUT2D eigenvalue weighted by molar-refractivity contribution is 7.99. The summed E-state index contributed by atoms with van der Waals surface area (Å²) in [5.41, 5.74) is 2.58. The van der Waals surface area contributed by atoms with Gasteiger partial charge in [-0.1, -0.05) is 32.5 Å². The molecule has 33 heavy (non-hydrogen) atoms. The van der Waals surface area contributed by atoms with Gasteiger partial charge in [-0.2, -0.15) is 0 Å². The van der Waals surface area contributed by atoms with Crippen molar-refractivity contribution in [2.75, 3.05) is 18.2 Å². The number of methoxy groups -OCH3 is 1. The molecule has 0 fully saturated rings. The van der Waals surface area contributed by atoms with E-state index >= 15 is 0 Å². The van der Waals surface area contributed by atoms with E-state index in [2.05, 4.69) is 47.7 Å². The molecule has 7 nitrogen and oxygen atoms in total. The molecule has 3 heterocycles. The Balaban J connectivity index is 1.45. The molecule has 4 rings (SSSR count). The van der Waals surface area contributed by atoms with Crippen molar-refractivity contribution >= 4 is 51.3 Å². The molecule has 1 atom stereocenters.